The number of benzene rings is 1. The zero-order valence-electron chi connectivity index (χ0n) is 8.52. The van der Waals surface area contributed by atoms with Crippen LogP contribution in [-0.4, -0.2) is 9.78 Å². The number of hydrogen-bond donors (Lipinski definition) is 3. The van der Waals surface area contributed by atoms with Crippen molar-refractivity contribution in [1.29, 1.82) is 0 Å². The Balaban J connectivity index is 2.52. The number of nitrogen functional groups attached to an aromatic ring is 2. The fourth-order valence-corrected chi connectivity index (χ4v) is 1.60. The van der Waals surface area contributed by atoms with E-state index in [9.17, 15) is 0 Å². The molecule has 1 heterocycles. The summed E-state index contributed by atoms with van der Waals surface area (Å²) in [5.74, 6) is 0.817. The highest BCUT2D eigenvalue weighted by atomic mass is 35.5. The number of aromatic nitrogens is 2. The zero-order chi connectivity index (χ0) is 11.7. The lowest BCUT2D eigenvalue weighted by atomic mass is 10.3. The lowest BCUT2D eigenvalue weighted by molar-refractivity contribution is 0.896. The van der Waals surface area contributed by atoms with Crippen LogP contribution in [0.3, 0.4) is 0 Å². The molecular weight excluding hydrogens is 226 g/mol. The Morgan fingerprint density at radius 3 is 2.31 bits per heavy atom. The van der Waals surface area contributed by atoms with Crippen molar-refractivity contribution in [3.8, 4) is 5.69 Å². The third-order valence-corrected chi connectivity index (χ3v) is 2.58. The molecule has 0 aliphatic heterocycles. The quantitative estimate of drug-likeness (QED) is 0.730. The summed E-state index contributed by atoms with van der Waals surface area (Å²) in [5.41, 5.74) is 18.6. The van der Waals surface area contributed by atoms with Gasteiger partial charge in [0.1, 0.15) is 5.82 Å². The van der Waals surface area contributed by atoms with Crippen LogP contribution in [0.25, 0.3) is 5.69 Å². The first-order chi connectivity index (χ1) is 7.63. The van der Waals surface area contributed by atoms with Crippen molar-refractivity contribution in [2.75, 3.05) is 11.5 Å². The minimum atomic E-state index is 0.269. The highest BCUT2D eigenvalue weighted by molar-refractivity contribution is 6.30. The molecule has 6 N–H and O–H groups in total. The average molecular weight is 238 g/mol. The highest BCUT2D eigenvalue weighted by Crippen LogP contribution is 2.22. The maximum Gasteiger partial charge on any atom is 0.152 e. The van der Waals surface area contributed by atoms with Crippen LogP contribution in [0.4, 0.5) is 11.6 Å². The van der Waals surface area contributed by atoms with Crippen LogP contribution in [0.2, 0.25) is 5.02 Å². The monoisotopic (exact) mass is 237 g/mol. The first-order valence-electron chi connectivity index (χ1n) is 4.72. The number of nitrogens with zero attached hydrogens (tertiary/aromatic N) is 2. The first kappa shape index (κ1) is 10.8. The van der Waals surface area contributed by atoms with E-state index in [-0.39, 0.29) is 6.54 Å². The number of nitrogens with two attached hydrogens (primary N) is 3. The van der Waals surface area contributed by atoms with E-state index in [4.69, 9.17) is 28.8 Å². The summed E-state index contributed by atoms with van der Waals surface area (Å²) < 4.78 is 1.55. The molecule has 0 saturated carbocycles. The van der Waals surface area contributed by atoms with Crippen molar-refractivity contribution in [2.45, 2.75) is 6.54 Å². The van der Waals surface area contributed by atoms with Gasteiger partial charge in [-0.15, -0.1) is 5.10 Å². The first-order valence-corrected chi connectivity index (χ1v) is 5.10. The van der Waals surface area contributed by atoms with Crippen LogP contribution in [0.5, 0.6) is 0 Å². The van der Waals surface area contributed by atoms with Gasteiger partial charge in [0.2, 0.25) is 0 Å². The second-order valence-electron chi connectivity index (χ2n) is 3.34. The van der Waals surface area contributed by atoms with Crippen LogP contribution in [0.15, 0.2) is 24.3 Å². The molecule has 0 amide bonds. The maximum atomic E-state index is 5.89. The van der Waals surface area contributed by atoms with Gasteiger partial charge in [-0.2, -0.15) is 0 Å². The lowest BCUT2D eigenvalue weighted by Gasteiger charge is -2.04. The Morgan fingerprint density at radius 2 is 1.81 bits per heavy atom. The van der Waals surface area contributed by atoms with Gasteiger partial charge in [0.05, 0.1) is 11.3 Å². The molecule has 0 aliphatic rings. The van der Waals surface area contributed by atoms with Gasteiger partial charge in [0.15, 0.2) is 5.82 Å². The molecule has 1 aromatic carbocycles. The minimum absolute atomic E-state index is 0.269. The number of hydrogen-bond acceptors (Lipinski definition) is 4. The topological polar surface area (TPSA) is 95.9 Å². The summed E-state index contributed by atoms with van der Waals surface area (Å²) in [6.45, 7) is 0.269. The van der Waals surface area contributed by atoms with E-state index >= 15 is 0 Å². The minimum Gasteiger partial charge on any atom is -0.383 e. The molecule has 0 atom stereocenters. The van der Waals surface area contributed by atoms with Gasteiger partial charge in [-0.05, 0) is 24.3 Å². The van der Waals surface area contributed by atoms with Gasteiger partial charge in [-0.25, -0.2) is 4.68 Å². The van der Waals surface area contributed by atoms with Gasteiger partial charge in [-0.3, -0.25) is 0 Å². The van der Waals surface area contributed by atoms with Gasteiger partial charge >= 0.3 is 0 Å². The van der Waals surface area contributed by atoms with Gasteiger partial charge < -0.3 is 17.2 Å². The number of rotatable bonds is 2. The van der Waals surface area contributed by atoms with Crippen molar-refractivity contribution in [2.24, 2.45) is 5.73 Å². The number of halogens is 1. The second kappa shape index (κ2) is 4.03. The molecule has 16 heavy (non-hydrogen) atoms. The third kappa shape index (κ3) is 1.70. The van der Waals surface area contributed by atoms with Crippen molar-refractivity contribution in [3.63, 3.8) is 0 Å². The maximum absolute atomic E-state index is 5.89. The molecule has 2 aromatic rings. The summed E-state index contributed by atoms with van der Waals surface area (Å²) in [4.78, 5) is 0. The van der Waals surface area contributed by atoms with E-state index in [0.717, 1.165) is 5.69 Å². The van der Waals surface area contributed by atoms with E-state index in [1.54, 1.807) is 16.8 Å². The molecular formula is C10H12ClN5. The van der Waals surface area contributed by atoms with Crippen LogP contribution in [-0.2, 0) is 6.54 Å². The average Bonchev–Trinajstić information content (AvgIpc) is 2.55. The van der Waals surface area contributed by atoms with Crippen LogP contribution < -0.4 is 17.2 Å². The van der Waals surface area contributed by atoms with Gasteiger partial charge in [-0.1, -0.05) is 11.6 Å². The standard InChI is InChI=1S/C10H12ClN5/c11-6-1-3-7(4-2-6)16-10(14)8(5-12)9(13)15-16/h1-4H,5,12,14H2,(H2,13,15). The zero-order valence-corrected chi connectivity index (χ0v) is 9.28. The highest BCUT2D eigenvalue weighted by Gasteiger charge is 2.12. The van der Waals surface area contributed by atoms with Gasteiger partial charge in [0, 0.05) is 11.6 Å². The molecule has 5 nitrogen and oxygen atoms in total. The van der Waals surface area contributed by atoms with E-state index < -0.39 is 0 Å². The Morgan fingerprint density at radius 1 is 1.19 bits per heavy atom. The van der Waals surface area contributed by atoms with Crippen molar-refractivity contribution < 1.29 is 0 Å². The van der Waals surface area contributed by atoms with Crippen molar-refractivity contribution in [1.82, 2.24) is 9.78 Å². The summed E-state index contributed by atoms with van der Waals surface area (Å²) >= 11 is 5.80. The van der Waals surface area contributed by atoms with Crippen molar-refractivity contribution in [3.05, 3.63) is 34.9 Å². The molecule has 84 valence electrons. The molecule has 1 aromatic heterocycles. The second-order valence-corrected chi connectivity index (χ2v) is 3.78. The number of anilines is 2. The summed E-state index contributed by atoms with van der Waals surface area (Å²) in [7, 11) is 0. The predicted molar refractivity (Wildman–Crippen MR) is 65.3 cm³/mol. The smallest absolute Gasteiger partial charge is 0.152 e. The normalized spacial score (nSPS) is 10.6. The predicted octanol–water partition coefficient (Wildman–Crippen LogP) is 1.15. The fraction of sp³-hybridized carbons (Fsp3) is 0.100. The van der Waals surface area contributed by atoms with E-state index in [1.165, 1.54) is 0 Å². The third-order valence-electron chi connectivity index (χ3n) is 2.33. The lowest BCUT2D eigenvalue weighted by Crippen LogP contribution is -2.05. The molecule has 6 heteroatoms. The van der Waals surface area contributed by atoms with Crippen LogP contribution >= 0.6 is 11.6 Å². The van der Waals surface area contributed by atoms with Gasteiger partial charge in [0.25, 0.3) is 0 Å². The molecule has 0 fully saturated rings. The Bertz CT molecular complexity index is 503. The Labute approximate surface area is 97.8 Å². The molecule has 0 bridgehead atoms. The summed E-state index contributed by atoms with van der Waals surface area (Å²) in [5, 5.41) is 4.78. The largest absolute Gasteiger partial charge is 0.383 e. The van der Waals surface area contributed by atoms with Crippen molar-refractivity contribution >= 4 is 23.2 Å². The van der Waals surface area contributed by atoms with E-state index in [2.05, 4.69) is 5.10 Å². The summed E-state index contributed by atoms with van der Waals surface area (Å²) in [6.07, 6.45) is 0. The van der Waals surface area contributed by atoms with E-state index in [0.29, 0.717) is 22.2 Å². The van der Waals surface area contributed by atoms with E-state index in [1.807, 2.05) is 12.1 Å². The van der Waals surface area contributed by atoms with Crippen LogP contribution in [0.1, 0.15) is 5.56 Å². The fourth-order valence-electron chi connectivity index (χ4n) is 1.47. The molecule has 0 aliphatic carbocycles. The molecule has 0 saturated heterocycles. The Hall–Kier alpha value is -1.72. The molecule has 0 radical (unpaired) electrons. The SMILES string of the molecule is NCc1c(N)nn(-c2ccc(Cl)cc2)c1N. The molecule has 0 unspecified atom stereocenters. The van der Waals surface area contributed by atoms with Crippen LogP contribution in [0, 0.1) is 0 Å². The molecule has 0 spiro atoms. The Kier molecular flexibility index (Phi) is 2.72. The summed E-state index contributed by atoms with van der Waals surface area (Å²) in [6, 6.07) is 7.14. The molecule has 2 rings (SSSR count).